The van der Waals surface area contributed by atoms with Crippen LogP contribution in [0, 0.1) is 11.3 Å². The summed E-state index contributed by atoms with van der Waals surface area (Å²) in [5, 5.41) is 13.0. The third-order valence-electron chi connectivity index (χ3n) is 5.91. The van der Waals surface area contributed by atoms with E-state index in [9.17, 15) is 14.9 Å². The lowest BCUT2D eigenvalue weighted by Gasteiger charge is -2.34. The number of nitrogen functional groups attached to an aromatic ring is 2. The normalized spacial score (nSPS) is 15.8. The molecule has 3 aromatic heterocycles. The molecule has 32 heavy (non-hydrogen) atoms. The summed E-state index contributed by atoms with van der Waals surface area (Å²) in [6.07, 6.45) is 0.929. The first-order valence-corrected chi connectivity index (χ1v) is 11.0. The number of nitriles is 1. The van der Waals surface area contributed by atoms with Crippen LogP contribution in [-0.2, 0) is 22.6 Å². The molecule has 1 saturated heterocycles. The molecule has 3 aromatic rings. The van der Waals surface area contributed by atoms with Crippen LogP contribution < -0.4 is 21.3 Å². The minimum Gasteiger partial charge on any atom is -0.383 e. The summed E-state index contributed by atoms with van der Waals surface area (Å²) < 4.78 is 0. The number of rotatable bonds is 4. The van der Waals surface area contributed by atoms with E-state index in [1.165, 1.54) is 0 Å². The number of aromatic nitrogens is 2. The third-order valence-corrected chi connectivity index (χ3v) is 6.77. The fourth-order valence-corrected chi connectivity index (χ4v) is 5.04. The fourth-order valence-electron chi connectivity index (χ4n) is 4.35. The molecule has 0 spiro atoms. The van der Waals surface area contributed by atoms with Gasteiger partial charge in [-0.2, -0.15) is 5.26 Å². The van der Waals surface area contributed by atoms with Crippen molar-refractivity contribution in [3.05, 3.63) is 33.5 Å². The molecule has 0 aliphatic carbocycles. The van der Waals surface area contributed by atoms with E-state index >= 15 is 0 Å². The fraction of sp³-hybridized carbons (Fsp3) is 0.286. The Bertz CT molecular complexity index is 1280. The van der Waals surface area contributed by atoms with E-state index in [1.54, 1.807) is 21.1 Å². The number of nitrogens with zero attached hydrogens (tertiary/aromatic N) is 6. The maximum absolute atomic E-state index is 12.9. The summed E-state index contributed by atoms with van der Waals surface area (Å²) in [6, 6.07) is 6.16. The van der Waals surface area contributed by atoms with Crippen LogP contribution in [0.5, 0.6) is 0 Å². The van der Waals surface area contributed by atoms with Gasteiger partial charge in [0.25, 0.3) is 0 Å². The van der Waals surface area contributed by atoms with Crippen molar-refractivity contribution in [1.82, 2.24) is 14.9 Å². The van der Waals surface area contributed by atoms with Crippen molar-refractivity contribution in [3.63, 3.8) is 0 Å². The summed E-state index contributed by atoms with van der Waals surface area (Å²) in [4.78, 5) is 39.2. The molecule has 2 aliphatic heterocycles. The minimum absolute atomic E-state index is 0.103. The molecule has 4 N–H and O–H groups in total. The van der Waals surface area contributed by atoms with Crippen LogP contribution in [0.4, 0.5) is 23.3 Å². The molecule has 1 fully saturated rings. The standard InChI is InChI=1S/C21H20N8O2S/c22-9-14-16-13-8-15(31)29(10-12-2-1-7-32-12)21(13)26-19(24)17(16)18(23)25-20(14)28-5-3-27(11-30)4-6-28/h1-2,7,11H,3-6,8,10H2,(H2,23,25)(H2,24,26). The molecule has 0 bridgehead atoms. The molecule has 0 aromatic carbocycles. The highest BCUT2D eigenvalue weighted by Crippen LogP contribution is 2.42. The SMILES string of the molecule is N#Cc1c(N2CCN(C=O)CC2)nc(N)c2c(N)nc3c(c12)CC(=O)N3Cc1cccs1. The average molecular weight is 449 g/mol. The van der Waals surface area contributed by atoms with Gasteiger partial charge in [0, 0.05) is 42.0 Å². The zero-order valence-electron chi connectivity index (χ0n) is 17.1. The maximum Gasteiger partial charge on any atom is 0.233 e. The Kier molecular flexibility index (Phi) is 4.79. The van der Waals surface area contributed by atoms with E-state index in [4.69, 9.17) is 11.5 Å². The molecule has 162 valence electrons. The van der Waals surface area contributed by atoms with E-state index in [-0.39, 0.29) is 24.0 Å². The summed E-state index contributed by atoms with van der Waals surface area (Å²) >= 11 is 1.56. The third kappa shape index (κ3) is 3.07. The Balaban J connectivity index is 1.67. The number of fused-ring (bicyclic) bond motifs is 3. The zero-order chi connectivity index (χ0) is 22.4. The number of thiophene rings is 1. The Morgan fingerprint density at radius 2 is 1.84 bits per heavy atom. The number of anilines is 4. The van der Waals surface area contributed by atoms with Gasteiger partial charge in [-0.1, -0.05) is 6.07 Å². The largest absolute Gasteiger partial charge is 0.383 e. The van der Waals surface area contributed by atoms with Gasteiger partial charge in [-0.3, -0.25) is 14.5 Å². The first kappa shape index (κ1) is 20.0. The lowest BCUT2D eigenvalue weighted by molar-refractivity contribution is -0.118. The summed E-state index contributed by atoms with van der Waals surface area (Å²) in [7, 11) is 0. The van der Waals surface area contributed by atoms with Crippen LogP contribution in [0.15, 0.2) is 17.5 Å². The van der Waals surface area contributed by atoms with Gasteiger partial charge in [-0.25, -0.2) is 9.97 Å². The van der Waals surface area contributed by atoms with Crippen molar-refractivity contribution in [2.75, 3.05) is 47.4 Å². The summed E-state index contributed by atoms with van der Waals surface area (Å²) in [5.41, 5.74) is 13.5. The second-order valence-electron chi connectivity index (χ2n) is 7.72. The second-order valence-corrected chi connectivity index (χ2v) is 8.75. The monoisotopic (exact) mass is 448 g/mol. The number of carbonyl (C=O) groups excluding carboxylic acids is 2. The van der Waals surface area contributed by atoms with Gasteiger partial charge < -0.3 is 21.3 Å². The van der Waals surface area contributed by atoms with Gasteiger partial charge in [0.2, 0.25) is 12.3 Å². The van der Waals surface area contributed by atoms with Crippen molar-refractivity contribution in [2.24, 2.45) is 0 Å². The minimum atomic E-state index is -0.103. The first-order valence-electron chi connectivity index (χ1n) is 10.1. The maximum atomic E-state index is 12.9. The van der Waals surface area contributed by atoms with Crippen molar-refractivity contribution < 1.29 is 9.59 Å². The van der Waals surface area contributed by atoms with E-state index in [2.05, 4.69) is 16.0 Å². The molecule has 0 unspecified atom stereocenters. The Labute approximate surface area is 187 Å². The summed E-state index contributed by atoms with van der Waals surface area (Å²) in [5.74, 6) is 1.12. The molecule has 0 atom stereocenters. The number of nitrogens with two attached hydrogens (primary N) is 2. The number of hydrogen-bond acceptors (Lipinski definition) is 9. The van der Waals surface area contributed by atoms with Crippen LogP contribution in [0.3, 0.4) is 0 Å². The zero-order valence-corrected chi connectivity index (χ0v) is 17.9. The highest BCUT2D eigenvalue weighted by atomic mass is 32.1. The van der Waals surface area contributed by atoms with Gasteiger partial charge in [-0.05, 0) is 11.4 Å². The lowest BCUT2D eigenvalue weighted by Crippen LogP contribution is -2.46. The highest BCUT2D eigenvalue weighted by Gasteiger charge is 2.34. The van der Waals surface area contributed by atoms with Gasteiger partial charge in [-0.15, -0.1) is 11.3 Å². The van der Waals surface area contributed by atoms with Crippen LogP contribution in [0.2, 0.25) is 0 Å². The molecule has 2 amide bonds. The molecule has 5 rings (SSSR count). The molecule has 0 saturated carbocycles. The van der Waals surface area contributed by atoms with Gasteiger partial charge >= 0.3 is 0 Å². The first-order chi connectivity index (χ1) is 15.5. The van der Waals surface area contributed by atoms with Gasteiger partial charge in [0.15, 0.2) is 0 Å². The van der Waals surface area contributed by atoms with E-state index in [0.29, 0.717) is 66.3 Å². The van der Waals surface area contributed by atoms with Crippen LogP contribution >= 0.6 is 11.3 Å². The predicted octanol–water partition coefficient (Wildman–Crippen LogP) is 1.10. The topological polar surface area (TPSA) is 145 Å². The molecular formula is C21H20N8O2S. The second kappa shape index (κ2) is 7.65. The van der Waals surface area contributed by atoms with Crippen molar-refractivity contribution in [1.29, 1.82) is 5.26 Å². The molecule has 11 heteroatoms. The van der Waals surface area contributed by atoms with Crippen LogP contribution in [0.1, 0.15) is 16.0 Å². The quantitative estimate of drug-likeness (QED) is 0.564. The number of pyridine rings is 2. The lowest BCUT2D eigenvalue weighted by atomic mass is 10.00. The number of hydrogen-bond donors (Lipinski definition) is 2. The smallest absolute Gasteiger partial charge is 0.233 e. The Morgan fingerprint density at radius 3 is 2.47 bits per heavy atom. The summed E-state index contributed by atoms with van der Waals surface area (Å²) in [6.45, 7) is 2.49. The number of carbonyl (C=O) groups is 2. The molecule has 10 nitrogen and oxygen atoms in total. The Morgan fingerprint density at radius 1 is 1.12 bits per heavy atom. The van der Waals surface area contributed by atoms with Crippen molar-refractivity contribution in [3.8, 4) is 6.07 Å². The van der Waals surface area contributed by atoms with Gasteiger partial charge in [0.05, 0.1) is 18.4 Å². The molecule has 5 heterocycles. The highest BCUT2D eigenvalue weighted by molar-refractivity contribution is 7.09. The van der Waals surface area contributed by atoms with Crippen molar-refractivity contribution in [2.45, 2.75) is 13.0 Å². The van der Waals surface area contributed by atoms with Crippen LogP contribution in [0.25, 0.3) is 10.8 Å². The van der Waals surface area contributed by atoms with Crippen molar-refractivity contribution >= 4 is 57.7 Å². The average Bonchev–Trinajstić information content (AvgIpc) is 3.42. The molecule has 0 radical (unpaired) electrons. The molecule has 2 aliphatic rings. The van der Waals surface area contributed by atoms with Gasteiger partial charge in [0.1, 0.15) is 34.9 Å². The number of amides is 2. The predicted molar refractivity (Wildman–Crippen MR) is 122 cm³/mol. The Hall–Kier alpha value is -3.91. The van der Waals surface area contributed by atoms with E-state index < -0.39 is 0 Å². The van der Waals surface area contributed by atoms with E-state index in [1.807, 2.05) is 22.4 Å². The molecular weight excluding hydrogens is 428 g/mol. The van der Waals surface area contributed by atoms with E-state index in [0.717, 1.165) is 11.3 Å². The van der Waals surface area contributed by atoms with Crippen LogP contribution in [-0.4, -0.2) is 53.4 Å². The number of piperazine rings is 1.